The van der Waals surface area contributed by atoms with Gasteiger partial charge in [-0.1, -0.05) is 42.5 Å². The van der Waals surface area contributed by atoms with Gasteiger partial charge in [0.05, 0.1) is 5.52 Å². The molecule has 25 heavy (non-hydrogen) atoms. The highest BCUT2D eigenvalue weighted by Gasteiger charge is 2.12. The lowest BCUT2D eigenvalue weighted by molar-refractivity contribution is -0.118. The minimum Gasteiger partial charge on any atom is -0.359 e. The van der Waals surface area contributed by atoms with E-state index in [1.807, 2.05) is 61.6 Å². The number of aromatic nitrogens is 2. The third-order valence-electron chi connectivity index (χ3n) is 4.02. The summed E-state index contributed by atoms with van der Waals surface area (Å²) in [6.07, 6.45) is 0.856. The van der Waals surface area contributed by atoms with Gasteiger partial charge in [-0.3, -0.25) is 4.79 Å². The minimum absolute atomic E-state index is 0.00139. The van der Waals surface area contributed by atoms with E-state index in [9.17, 15) is 4.79 Å². The SMILES string of the molecule is CC(=O)NCCCN(C)c1nc(-c2ccccc2)nc2ccccc12. The Balaban J connectivity index is 1.91. The van der Waals surface area contributed by atoms with Crippen LogP contribution in [0.25, 0.3) is 22.3 Å². The summed E-state index contributed by atoms with van der Waals surface area (Å²) in [7, 11) is 2.03. The first-order valence-corrected chi connectivity index (χ1v) is 8.43. The maximum absolute atomic E-state index is 11.0. The number of nitrogens with zero attached hydrogens (tertiary/aromatic N) is 3. The largest absolute Gasteiger partial charge is 0.359 e. The third kappa shape index (κ3) is 4.12. The average Bonchev–Trinajstić information content (AvgIpc) is 2.64. The van der Waals surface area contributed by atoms with Crippen LogP contribution in [-0.4, -0.2) is 36.0 Å². The zero-order chi connectivity index (χ0) is 17.6. The Bertz CT molecular complexity index is 864. The molecule has 1 amide bonds. The van der Waals surface area contributed by atoms with E-state index in [2.05, 4.69) is 10.2 Å². The van der Waals surface area contributed by atoms with Crippen molar-refractivity contribution in [1.82, 2.24) is 15.3 Å². The van der Waals surface area contributed by atoms with E-state index in [1.54, 1.807) is 0 Å². The number of amides is 1. The molecule has 2 aromatic carbocycles. The molecule has 0 aliphatic carbocycles. The van der Waals surface area contributed by atoms with Crippen molar-refractivity contribution in [3.05, 3.63) is 54.6 Å². The van der Waals surface area contributed by atoms with Crippen molar-refractivity contribution < 1.29 is 4.79 Å². The van der Waals surface area contributed by atoms with Gasteiger partial charge in [0.1, 0.15) is 5.82 Å². The Kier molecular flexibility index (Phi) is 5.23. The maximum atomic E-state index is 11.0. The number of benzene rings is 2. The maximum Gasteiger partial charge on any atom is 0.216 e. The Hall–Kier alpha value is -2.95. The number of para-hydroxylation sites is 1. The zero-order valence-corrected chi connectivity index (χ0v) is 14.6. The van der Waals surface area contributed by atoms with Crippen LogP contribution in [0.15, 0.2) is 54.6 Å². The van der Waals surface area contributed by atoms with Gasteiger partial charge in [-0.15, -0.1) is 0 Å². The summed E-state index contributed by atoms with van der Waals surface area (Å²) < 4.78 is 0. The second-order valence-corrected chi connectivity index (χ2v) is 6.01. The van der Waals surface area contributed by atoms with Crippen molar-refractivity contribution in [3.63, 3.8) is 0 Å². The molecule has 1 heterocycles. The number of nitrogens with one attached hydrogen (secondary N) is 1. The van der Waals surface area contributed by atoms with Crippen molar-refractivity contribution in [2.24, 2.45) is 0 Å². The first-order valence-electron chi connectivity index (χ1n) is 8.43. The van der Waals surface area contributed by atoms with Crippen LogP contribution in [-0.2, 0) is 4.79 Å². The summed E-state index contributed by atoms with van der Waals surface area (Å²) in [5, 5.41) is 3.86. The highest BCUT2D eigenvalue weighted by atomic mass is 16.1. The number of fused-ring (bicyclic) bond motifs is 1. The van der Waals surface area contributed by atoms with Crippen LogP contribution < -0.4 is 10.2 Å². The number of carbonyl (C=O) groups excluding carboxylic acids is 1. The predicted molar refractivity (Wildman–Crippen MR) is 102 cm³/mol. The molecule has 0 atom stereocenters. The summed E-state index contributed by atoms with van der Waals surface area (Å²) in [5.74, 6) is 1.64. The highest BCUT2D eigenvalue weighted by Crippen LogP contribution is 2.26. The van der Waals surface area contributed by atoms with E-state index in [0.717, 1.165) is 41.1 Å². The van der Waals surface area contributed by atoms with Crippen molar-refractivity contribution in [3.8, 4) is 11.4 Å². The smallest absolute Gasteiger partial charge is 0.216 e. The minimum atomic E-state index is 0.00139. The van der Waals surface area contributed by atoms with E-state index in [4.69, 9.17) is 9.97 Å². The predicted octanol–water partition coefficient (Wildman–Crippen LogP) is 3.26. The second kappa shape index (κ2) is 7.75. The van der Waals surface area contributed by atoms with E-state index in [0.29, 0.717) is 6.54 Å². The van der Waals surface area contributed by atoms with Crippen LogP contribution in [0.2, 0.25) is 0 Å². The van der Waals surface area contributed by atoms with Gasteiger partial charge < -0.3 is 10.2 Å². The standard InChI is InChI=1S/C20H22N4O/c1-15(25)21-13-8-14-24(2)20-17-11-6-7-12-18(17)22-19(23-20)16-9-4-3-5-10-16/h3-7,9-12H,8,13-14H2,1-2H3,(H,21,25). The van der Waals surface area contributed by atoms with Gasteiger partial charge in [-0.05, 0) is 18.6 Å². The highest BCUT2D eigenvalue weighted by molar-refractivity contribution is 5.91. The molecule has 0 spiro atoms. The number of rotatable bonds is 6. The molecule has 1 N–H and O–H groups in total. The monoisotopic (exact) mass is 334 g/mol. The van der Waals surface area contributed by atoms with Crippen molar-refractivity contribution in [2.75, 3.05) is 25.0 Å². The van der Waals surface area contributed by atoms with Gasteiger partial charge in [0.25, 0.3) is 0 Å². The Morgan fingerprint density at radius 2 is 1.76 bits per heavy atom. The molecule has 0 aliphatic rings. The summed E-state index contributed by atoms with van der Waals surface area (Å²) in [6, 6.07) is 18.1. The van der Waals surface area contributed by atoms with Gasteiger partial charge >= 0.3 is 0 Å². The Morgan fingerprint density at radius 1 is 1.04 bits per heavy atom. The van der Waals surface area contributed by atoms with E-state index < -0.39 is 0 Å². The van der Waals surface area contributed by atoms with Crippen molar-refractivity contribution >= 4 is 22.6 Å². The van der Waals surface area contributed by atoms with Crippen LogP contribution in [0.1, 0.15) is 13.3 Å². The summed E-state index contributed by atoms with van der Waals surface area (Å²) in [5.41, 5.74) is 1.93. The molecule has 0 bridgehead atoms. The first kappa shape index (κ1) is 16.9. The van der Waals surface area contributed by atoms with Gasteiger partial charge in [-0.2, -0.15) is 0 Å². The summed E-state index contributed by atoms with van der Waals surface area (Å²) in [4.78, 5) is 22.6. The lowest BCUT2D eigenvalue weighted by Gasteiger charge is -2.20. The number of hydrogen-bond acceptors (Lipinski definition) is 4. The van der Waals surface area contributed by atoms with Crippen LogP contribution in [0.3, 0.4) is 0 Å². The summed E-state index contributed by atoms with van der Waals surface area (Å²) >= 11 is 0. The Labute approximate surface area is 147 Å². The molecule has 0 saturated carbocycles. The van der Waals surface area contributed by atoms with Crippen molar-refractivity contribution in [2.45, 2.75) is 13.3 Å². The molecule has 5 heteroatoms. The molecule has 128 valence electrons. The molecule has 0 fully saturated rings. The second-order valence-electron chi connectivity index (χ2n) is 6.01. The number of anilines is 1. The third-order valence-corrected chi connectivity index (χ3v) is 4.02. The normalized spacial score (nSPS) is 10.6. The van der Waals surface area contributed by atoms with Gasteiger partial charge in [0.15, 0.2) is 5.82 Å². The van der Waals surface area contributed by atoms with E-state index in [-0.39, 0.29) is 5.91 Å². The lowest BCUT2D eigenvalue weighted by Crippen LogP contribution is -2.27. The molecular formula is C20H22N4O. The molecule has 0 radical (unpaired) electrons. The molecule has 5 nitrogen and oxygen atoms in total. The van der Waals surface area contributed by atoms with Crippen LogP contribution in [0.4, 0.5) is 5.82 Å². The number of carbonyl (C=O) groups is 1. The molecule has 0 saturated heterocycles. The fourth-order valence-electron chi connectivity index (χ4n) is 2.75. The fraction of sp³-hybridized carbons (Fsp3) is 0.250. The topological polar surface area (TPSA) is 58.1 Å². The first-order chi connectivity index (χ1) is 12.1. The van der Waals surface area contributed by atoms with Gasteiger partial charge in [0.2, 0.25) is 5.91 Å². The number of hydrogen-bond donors (Lipinski definition) is 1. The van der Waals surface area contributed by atoms with Crippen LogP contribution in [0, 0.1) is 0 Å². The lowest BCUT2D eigenvalue weighted by atomic mass is 10.1. The molecule has 3 aromatic rings. The van der Waals surface area contributed by atoms with Gasteiger partial charge in [-0.25, -0.2) is 9.97 Å². The average molecular weight is 334 g/mol. The molecule has 3 rings (SSSR count). The Morgan fingerprint density at radius 3 is 2.52 bits per heavy atom. The molecule has 1 aromatic heterocycles. The zero-order valence-electron chi connectivity index (χ0n) is 14.6. The van der Waals surface area contributed by atoms with Gasteiger partial charge in [0, 0.05) is 38.0 Å². The quantitative estimate of drug-likeness (QED) is 0.703. The van der Waals surface area contributed by atoms with Crippen LogP contribution >= 0.6 is 0 Å². The fourth-order valence-corrected chi connectivity index (χ4v) is 2.75. The summed E-state index contributed by atoms with van der Waals surface area (Å²) in [6.45, 7) is 3.00. The van der Waals surface area contributed by atoms with E-state index >= 15 is 0 Å². The molecule has 0 unspecified atom stereocenters. The molecule has 0 aliphatic heterocycles. The van der Waals surface area contributed by atoms with Crippen molar-refractivity contribution in [1.29, 1.82) is 0 Å². The van der Waals surface area contributed by atoms with Crippen LogP contribution in [0.5, 0.6) is 0 Å². The van der Waals surface area contributed by atoms with E-state index in [1.165, 1.54) is 6.92 Å². The molecular weight excluding hydrogens is 312 g/mol.